The third-order valence-electron chi connectivity index (χ3n) is 3.51. The number of likely N-dealkylation sites (tertiary alicyclic amines) is 1. The number of anilines is 1. The Balaban J connectivity index is 1.84. The number of aliphatic hydroxyl groups is 1. The van der Waals surface area contributed by atoms with E-state index >= 15 is 0 Å². The molecule has 1 saturated heterocycles. The SMILES string of the molecule is CCOc1ccc(NC(=O)CN2CCC[C@@H]2CO)cc1. The van der Waals surface area contributed by atoms with Crippen LogP contribution in [0.4, 0.5) is 5.69 Å². The molecule has 0 aromatic heterocycles. The number of hydrogen-bond acceptors (Lipinski definition) is 4. The first-order valence-electron chi connectivity index (χ1n) is 7.10. The Bertz CT molecular complexity index is 433. The smallest absolute Gasteiger partial charge is 0.238 e. The molecule has 0 saturated carbocycles. The summed E-state index contributed by atoms with van der Waals surface area (Å²) in [4.78, 5) is 14.0. The minimum Gasteiger partial charge on any atom is -0.494 e. The van der Waals surface area contributed by atoms with Crippen molar-refractivity contribution in [2.45, 2.75) is 25.8 Å². The topological polar surface area (TPSA) is 61.8 Å². The highest BCUT2D eigenvalue weighted by atomic mass is 16.5. The van der Waals surface area contributed by atoms with E-state index < -0.39 is 0 Å². The molecule has 1 aliphatic rings. The first-order chi connectivity index (χ1) is 9.72. The van der Waals surface area contributed by atoms with Crippen molar-refractivity contribution in [1.82, 2.24) is 4.90 Å². The second-order valence-electron chi connectivity index (χ2n) is 4.95. The van der Waals surface area contributed by atoms with E-state index in [1.54, 1.807) is 0 Å². The van der Waals surface area contributed by atoms with Crippen LogP contribution in [0.2, 0.25) is 0 Å². The largest absolute Gasteiger partial charge is 0.494 e. The Morgan fingerprint density at radius 2 is 2.20 bits per heavy atom. The number of carbonyl (C=O) groups excluding carboxylic acids is 1. The minimum atomic E-state index is -0.0468. The van der Waals surface area contributed by atoms with Gasteiger partial charge in [0.05, 0.1) is 19.8 Å². The van der Waals surface area contributed by atoms with Gasteiger partial charge < -0.3 is 15.2 Å². The van der Waals surface area contributed by atoms with Crippen LogP contribution in [0.3, 0.4) is 0 Å². The zero-order chi connectivity index (χ0) is 14.4. The van der Waals surface area contributed by atoms with Crippen LogP contribution in [0.15, 0.2) is 24.3 Å². The molecule has 1 aromatic rings. The van der Waals surface area contributed by atoms with Crippen LogP contribution in [0.25, 0.3) is 0 Å². The molecule has 0 aliphatic carbocycles. The number of carbonyl (C=O) groups is 1. The third-order valence-corrected chi connectivity index (χ3v) is 3.51. The molecular weight excluding hydrogens is 256 g/mol. The van der Waals surface area contributed by atoms with Crippen LogP contribution in [0, 0.1) is 0 Å². The lowest BCUT2D eigenvalue weighted by Gasteiger charge is -2.21. The van der Waals surface area contributed by atoms with Crippen molar-refractivity contribution in [2.75, 3.05) is 31.6 Å². The Kier molecular flexibility index (Phi) is 5.38. The molecule has 2 N–H and O–H groups in total. The summed E-state index contributed by atoms with van der Waals surface area (Å²) in [6.45, 7) is 3.89. The van der Waals surface area contributed by atoms with Gasteiger partial charge in [-0.2, -0.15) is 0 Å². The lowest BCUT2D eigenvalue weighted by atomic mass is 10.2. The van der Waals surface area contributed by atoms with Crippen LogP contribution < -0.4 is 10.1 Å². The van der Waals surface area contributed by atoms with Gasteiger partial charge in [0.15, 0.2) is 0 Å². The zero-order valence-electron chi connectivity index (χ0n) is 11.8. The van der Waals surface area contributed by atoms with E-state index in [1.165, 1.54) is 0 Å². The fourth-order valence-corrected chi connectivity index (χ4v) is 2.50. The van der Waals surface area contributed by atoms with Crippen LogP contribution in [-0.2, 0) is 4.79 Å². The summed E-state index contributed by atoms with van der Waals surface area (Å²) in [5.41, 5.74) is 0.762. The molecule has 5 nitrogen and oxygen atoms in total. The number of ether oxygens (including phenoxy) is 1. The van der Waals surface area contributed by atoms with Gasteiger partial charge in [0.25, 0.3) is 0 Å². The Morgan fingerprint density at radius 1 is 1.45 bits per heavy atom. The number of nitrogens with one attached hydrogen (secondary N) is 1. The highest BCUT2D eigenvalue weighted by Crippen LogP contribution is 2.18. The van der Waals surface area contributed by atoms with Crippen molar-refractivity contribution in [1.29, 1.82) is 0 Å². The Hall–Kier alpha value is -1.59. The predicted molar refractivity (Wildman–Crippen MR) is 77.9 cm³/mol. The van der Waals surface area contributed by atoms with Crippen LogP contribution >= 0.6 is 0 Å². The van der Waals surface area contributed by atoms with Gasteiger partial charge in [0, 0.05) is 11.7 Å². The van der Waals surface area contributed by atoms with E-state index in [9.17, 15) is 9.90 Å². The Morgan fingerprint density at radius 3 is 2.85 bits per heavy atom. The molecular formula is C15H22N2O3. The van der Waals surface area contributed by atoms with Gasteiger partial charge in [-0.1, -0.05) is 0 Å². The number of rotatable bonds is 6. The van der Waals surface area contributed by atoms with E-state index in [0.29, 0.717) is 13.2 Å². The normalized spacial score (nSPS) is 19.0. The molecule has 1 fully saturated rings. The standard InChI is InChI=1S/C15H22N2O3/c1-2-20-14-7-5-12(6-8-14)16-15(19)10-17-9-3-4-13(17)11-18/h5-8,13,18H,2-4,9-11H2,1H3,(H,16,19)/t13-/m1/s1. The summed E-state index contributed by atoms with van der Waals surface area (Å²) in [7, 11) is 0. The van der Waals surface area contributed by atoms with Gasteiger partial charge in [-0.25, -0.2) is 0 Å². The fraction of sp³-hybridized carbons (Fsp3) is 0.533. The molecule has 2 rings (SSSR count). The van der Waals surface area contributed by atoms with Crippen molar-refractivity contribution >= 4 is 11.6 Å². The highest BCUT2D eigenvalue weighted by Gasteiger charge is 2.25. The molecule has 20 heavy (non-hydrogen) atoms. The van der Waals surface area contributed by atoms with Gasteiger partial charge >= 0.3 is 0 Å². The highest BCUT2D eigenvalue weighted by molar-refractivity contribution is 5.92. The van der Waals surface area contributed by atoms with Crippen molar-refractivity contribution < 1.29 is 14.6 Å². The predicted octanol–water partition coefficient (Wildman–Crippen LogP) is 1.48. The van der Waals surface area contributed by atoms with Crippen LogP contribution in [-0.4, -0.2) is 48.3 Å². The summed E-state index contributed by atoms with van der Waals surface area (Å²) in [5.74, 6) is 0.750. The number of aliphatic hydroxyl groups excluding tert-OH is 1. The lowest BCUT2D eigenvalue weighted by molar-refractivity contribution is -0.117. The van der Waals surface area contributed by atoms with Crippen LogP contribution in [0.5, 0.6) is 5.75 Å². The maximum Gasteiger partial charge on any atom is 0.238 e. The van der Waals surface area contributed by atoms with E-state index in [4.69, 9.17) is 4.74 Å². The molecule has 0 radical (unpaired) electrons. The Labute approximate surface area is 119 Å². The number of nitrogens with zero attached hydrogens (tertiary/aromatic N) is 1. The molecule has 0 unspecified atom stereocenters. The van der Waals surface area contributed by atoms with E-state index in [2.05, 4.69) is 5.32 Å². The van der Waals surface area contributed by atoms with Crippen molar-refractivity contribution in [3.63, 3.8) is 0 Å². The summed E-state index contributed by atoms with van der Waals surface area (Å²) >= 11 is 0. The maximum atomic E-state index is 12.0. The summed E-state index contributed by atoms with van der Waals surface area (Å²) < 4.78 is 5.35. The first-order valence-corrected chi connectivity index (χ1v) is 7.10. The molecule has 1 amide bonds. The van der Waals surface area contributed by atoms with Gasteiger partial charge in [0.2, 0.25) is 5.91 Å². The molecule has 1 heterocycles. The third kappa shape index (κ3) is 3.95. The number of benzene rings is 1. The lowest BCUT2D eigenvalue weighted by Crippen LogP contribution is -2.38. The van der Waals surface area contributed by atoms with Gasteiger partial charge in [0.1, 0.15) is 5.75 Å². The molecule has 1 atom stereocenters. The second-order valence-corrected chi connectivity index (χ2v) is 4.95. The van der Waals surface area contributed by atoms with E-state index in [-0.39, 0.29) is 18.6 Å². The average molecular weight is 278 g/mol. The van der Waals surface area contributed by atoms with Gasteiger partial charge in [-0.05, 0) is 50.6 Å². The monoisotopic (exact) mass is 278 g/mol. The van der Waals surface area contributed by atoms with Crippen molar-refractivity contribution in [3.05, 3.63) is 24.3 Å². The van der Waals surface area contributed by atoms with E-state index in [0.717, 1.165) is 30.8 Å². The summed E-state index contributed by atoms with van der Waals surface area (Å²) in [6.07, 6.45) is 2.01. The second kappa shape index (κ2) is 7.26. The number of hydrogen-bond donors (Lipinski definition) is 2. The molecule has 0 bridgehead atoms. The van der Waals surface area contributed by atoms with E-state index in [1.807, 2.05) is 36.1 Å². The zero-order valence-corrected chi connectivity index (χ0v) is 11.8. The molecule has 1 aliphatic heterocycles. The minimum absolute atomic E-state index is 0.0468. The molecule has 110 valence electrons. The first kappa shape index (κ1) is 14.8. The van der Waals surface area contributed by atoms with Crippen LogP contribution in [0.1, 0.15) is 19.8 Å². The molecule has 5 heteroatoms. The summed E-state index contributed by atoms with van der Waals surface area (Å²) in [5, 5.41) is 12.1. The fourth-order valence-electron chi connectivity index (χ4n) is 2.50. The van der Waals surface area contributed by atoms with Gasteiger partial charge in [-0.15, -0.1) is 0 Å². The maximum absolute atomic E-state index is 12.0. The number of amides is 1. The summed E-state index contributed by atoms with van der Waals surface area (Å²) in [6, 6.07) is 7.46. The van der Waals surface area contributed by atoms with Crippen molar-refractivity contribution in [2.24, 2.45) is 0 Å². The van der Waals surface area contributed by atoms with Crippen molar-refractivity contribution in [3.8, 4) is 5.75 Å². The average Bonchev–Trinajstić information content (AvgIpc) is 2.88. The molecule has 1 aromatic carbocycles. The molecule has 0 spiro atoms. The van der Waals surface area contributed by atoms with Gasteiger partial charge in [-0.3, -0.25) is 9.69 Å². The quantitative estimate of drug-likeness (QED) is 0.827.